The zero-order valence-corrected chi connectivity index (χ0v) is 11.7. The van der Waals surface area contributed by atoms with Gasteiger partial charge in [0.15, 0.2) is 0 Å². The molecule has 0 bridgehead atoms. The molecular formula is C15H12F3N3O2. The van der Waals surface area contributed by atoms with Crippen molar-refractivity contribution in [2.75, 3.05) is 5.32 Å². The van der Waals surface area contributed by atoms with Crippen LogP contribution in [0.5, 0.6) is 0 Å². The van der Waals surface area contributed by atoms with Gasteiger partial charge in [-0.2, -0.15) is 8.78 Å². The second-order valence-electron chi connectivity index (χ2n) is 4.50. The van der Waals surface area contributed by atoms with Crippen LogP contribution in [-0.4, -0.2) is 23.2 Å². The van der Waals surface area contributed by atoms with Crippen LogP contribution in [0.25, 0.3) is 0 Å². The van der Waals surface area contributed by atoms with Crippen molar-refractivity contribution >= 4 is 23.2 Å². The Bertz CT molecular complexity index is 720. The molecule has 0 aromatic heterocycles. The van der Waals surface area contributed by atoms with E-state index >= 15 is 0 Å². The zero-order valence-electron chi connectivity index (χ0n) is 11.7. The Balaban J connectivity index is 2.12. The lowest BCUT2D eigenvalue weighted by molar-refractivity contribution is -0.140. The predicted octanol–water partition coefficient (Wildman–Crippen LogP) is 2.68. The number of nitrogens with two attached hydrogens (primary N) is 1. The number of benzene rings is 2. The molecule has 0 aliphatic carbocycles. The number of rotatable bonds is 4. The van der Waals surface area contributed by atoms with Gasteiger partial charge in [-0.1, -0.05) is 12.1 Å². The summed E-state index contributed by atoms with van der Waals surface area (Å²) in [5.41, 5.74) is 0.649. The summed E-state index contributed by atoms with van der Waals surface area (Å²) in [7, 11) is 0. The van der Waals surface area contributed by atoms with Gasteiger partial charge in [0.2, 0.25) is 0 Å². The first-order valence-corrected chi connectivity index (χ1v) is 6.43. The average molecular weight is 323 g/mol. The third kappa shape index (κ3) is 3.86. The fourth-order valence-corrected chi connectivity index (χ4v) is 1.76. The van der Waals surface area contributed by atoms with E-state index in [1.807, 2.05) is 0 Å². The summed E-state index contributed by atoms with van der Waals surface area (Å²) in [5.74, 6) is 1.76. The lowest BCUT2D eigenvalue weighted by Gasteiger charge is -2.14. The van der Waals surface area contributed by atoms with Crippen molar-refractivity contribution in [3.8, 4) is 0 Å². The molecule has 0 saturated carbocycles. The number of halogens is 3. The van der Waals surface area contributed by atoms with Gasteiger partial charge in [0, 0.05) is 11.3 Å². The first kappa shape index (κ1) is 16.5. The van der Waals surface area contributed by atoms with Gasteiger partial charge in [-0.15, -0.1) is 0 Å². The van der Waals surface area contributed by atoms with Crippen molar-refractivity contribution in [1.29, 1.82) is 0 Å². The summed E-state index contributed by atoms with van der Waals surface area (Å²) < 4.78 is 38.0. The van der Waals surface area contributed by atoms with Crippen LogP contribution in [0.1, 0.15) is 10.4 Å². The number of nitrogens with one attached hydrogen (secondary N) is 1. The van der Waals surface area contributed by atoms with Gasteiger partial charge in [0.1, 0.15) is 5.82 Å². The minimum absolute atomic E-state index is 0.0550. The highest BCUT2D eigenvalue weighted by atomic mass is 19.3. The molecular weight excluding hydrogens is 311 g/mol. The van der Waals surface area contributed by atoms with E-state index in [4.69, 9.17) is 5.84 Å². The number of para-hydroxylation sites is 1. The number of hydrogen-bond donors (Lipinski definition) is 2. The number of amides is 2. The summed E-state index contributed by atoms with van der Waals surface area (Å²) in [6.07, 6.45) is -3.37. The van der Waals surface area contributed by atoms with E-state index in [9.17, 15) is 22.8 Å². The Hall–Kier alpha value is -2.87. The second-order valence-corrected chi connectivity index (χ2v) is 4.50. The van der Waals surface area contributed by atoms with E-state index in [0.717, 1.165) is 0 Å². The summed E-state index contributed by atoms with van der Waals surface area (Å²) >= 11 is 0. The summed E-state index contributed by atoms with van der Waals surface area (Å²) in [5, 5.41) is 2.66. The fraction of sp³-hybridized carbons (Fsp3) is 0.0667. The molecule has 2 rings (SSSR count). The maximum absolute atomic E-state index is 13.5. The van der Waals surface area contributed by atoms with Crippen LogP contribution in [0.2, 0.25) is 0 Å². The van der Waals surface area contributed by atoms with E-state index in [0.29, 0.717) is 5.69 Å². The predicted molar refractivity (Wildman–Crippen MR) is 77.5 cm³/mol. The van der Waals surface area contributed by atoms with Crippen LogP contribution >= 0.6 is 0 Å². The number of alkyl halides is 2. The first-order valence-electron chi connectivity index (χ1n) is 6.43. The van der Waals surface area contributed by atoms with E-state index in [1.165, 1.54) is 42.5 Å². The molecule has 0 heterocycles. The molecule has 2 aromatic rings. The van der Waals surface area contributed by atoms with Crippen molar-refractivity contribution in [1.82, 2.24) is 5.01 Å². The topological polar surface area (TPSA) is 75.4 Å². The first-order chi connectivity index (χ1) is 10.9. The standard InChI is InChI=1S/C15H12F3N3O2/c16-11-3-1-2-4-12(11)20-10-7-5-9(6-8-10)14(22)21(19)15(23)13(17)18/h1-8,13,20H,19H2. The van der Waals surface area contributed by atoms with Crippen LogP contribution in [-0.2, 0) is 4.79 Å². The molecule has 5 nitrogen and oxygen atoms in total. The van der Waals surface area contributed by atoms with Crippen molar-refractivity contribution in [2.45, 2.75) is 6.43 Å². The molecule has 0 saturated heterocycles. The van der Waals surface area contributed by atoms with E-state index in [2.05, 4.69) is 5.32 Å². The third-order valence-corrected chi connectivity index (χ3v) is 2.93. The van der Waals surface area contributed by atoms with E-state index in [-0.39, 0.29) is 16.3 Å². The number of hydrogen-bond acceptors (Lipinski definition) is 4. The maximum atomic E-state index is 13.5. The van der Waals surface area contributed by atoms with Gasteiger partial charge in [0.25, 0.3) is 5.91 Å². The third-order valence-electron chi connectivity index (χ3n) is 2.93. The molecule has 2 aromatic carbocycles. The van der Waals surface area contributed by atoms with Crippen molar-refractivity contribution in [3.63, 3.8) is 0 Å². The van der Waals surface area contributed by atoms with Gasteiger partial charge in [-0.3, -0.25) is 9.59 Å². The molecule has 120 valence electrons. The van der Waals surface area contributed by atoms with Gasteiger partial charge in [-0.05, 0) is 36.4 Å². The summed E-state index contributed by atoms with van der Waals surface area (Å²) in [4.78, 5) is 22.8. The Morgan fingerprint density at radius 2 is 1.65 bits per heavy atom. The SMILES string of the molecule is NN(C(=O)c1ccc(Nc2ccccc2F)cc1)C(=O)C(F)F. The van der Waals surface area contributed by atoms with Gasteiger partial charge in [0.05, 0.1) is 5.69 Å². The fourth-order valence-electron chi connectivity index (χ4n) is 1.76. The van der Waals surface area contributed by atoms with Gasteiger partial charge >= 0.3 is 12.3 Å². The highest BCUT2D eigenvalue weighted by Gasteiger charge is 2.26. The van der Waals surface area contributed by atoms with E-state index < -0.39 is 24.1 Å². The lowest BCUT2D eigenvalue weighted by atomic mass is 10.2. The van der Waals surface area contributed by atoms with Crippen LogP contribution in [0.15, 0.2) is 48.5 Å². The monoisotopic (exact) mass is 323 g/mol. The Kier molecular flexibility index (Phi) is 4.97. The van der Waals surface area contributed by atoms with Gasteiger partial charge in [-0.25, -0.2) is 15.2 Å². The Morgan fingerprint density at radius 3 is 2.22 bits per heavy atom. The maximum Gasteiger partial charge on any atom is 0.317 e. The summed E-state index contributed by atoms with van der Waals surface area (Å²) in [6, 6.07) is 11.4. The van der Waals surface area contributed by atoms with Crippen LogP contribution < -0.4 is 11.2 Å². The number of carbonyl (C=O) groups is 2. The van der Waals surface area contributed by atoms with Crippen molar-refractivity contribution in [3.05, 3.63) is 59.9 Å². The van der Waals surface area contributed by atoms with Crippen LogP contribution in [0.3, 0.4) is 0 Å². The number of anilines is 2. The molecule has 0 radical (unpaired) electrons. The Morgan fingerprint density at radius 1 is 1.04 bits per heavy atom. The smallest absolute Gasteiger partial charge is 0.317 e. The van der Waals surface area contributed by atoms with Crippen LogP contribution in [0.4, 0.5) is 24.5 Å². The molecule has 0 fully saturated rings. The lowest BCUT2D eigenvalue weighted by Crippen LogP contribution is -2.45. The molecule has 8 heteroatoms. The molecule has 0 unspecified atom stereocenters. The normalized spacial score (nSPS) is 10.5. The molecule has 0 spiro atoms. The molecule has 0 aliphatic rings. The highest BCUT2D eigenvalue weighted by molar-refractivity contribution is 6.05. The Labute approximate surface area is 129 Å². The minimum Gasteiger partial charge on any atom is -0.353 e. The zero-order chi connectivity index (χ0) is 17.0. The largest absolute Gasteiger partial charge is 0.353 e. The van der Waals surface area contributed by atoms with Crippen molar-refractivity contribution < 1.29 is 22.8 Å². The van der Waals surface area contributed by atoms with Crippen molar-refractivity contribution in [2.24, 2.45) is 5.84 Å². The number of nitrogens with zero attached hydrogens (tertiary/aromatic N) is 1. The molecule has 2 amide bonds. The number of imide groups is 1. The number of hydrazine groups is 1. The molecule has 23 heavy (non-hydrogen) atoms. The highest BCUT2D eigenvalue weighted by Crippen LogP contribution is 2.20. The quantitative estimate of drug-likeness (QED) is 0.515. The molecule has 0 atom stereocenters. The second kappa shape index (κ2) is 6.93. The summed E-state index contributed by atoms with van der Waals surface area (Å²) in [6.45, 7) is 0. The van der Waals surface area contributed by atoms with E-state index in [1.54, 1.807) is 6.07 Å². The molecule has 3 N–H and O–H groups in total. The minimum atomic E-state index is -3.37. The average Bonchev–Trinajstić information content (AvgIpc) is 2.55. The number of carbonyl (C=O) groups excluding carboxylic acids is 2. The molecule has 0 aliphatic heterocycles. The van der Waals surface area contributed by atoms with Gasteiger partial charge < -0.3 is 5.32 Å². The van der Waals surface area contributed by atoms with Crippen LogP contribution in [0, 0.1) is 5.82 Å².